The largest absolute Gasteiger partial charge is 0.459 e. The summed E-state index contributed by atoms with van der Waals surface area (Å²) in [5, 5.41) is 0. The van der Waals surface area contributed by atoms with Gasteiger partial charge in [0.1, 0.15) is 12.2 Å². The third kappa shape index (κ3) is 15.2. The molecule has 81 heavy (non-hydrogen) atoms. The van der Waals surface area contributed by atoms with Crippen LogP contribution in [0.5, 0.6) is 0 Å². The molecule has 0 aliphatic heterocycles. The van der Waals surface area contributed by atoms with E-state index in [1.807, 2.05) is 0 Å². The molecule has 1 fully saturated rings. The smallest absolute Gasteiger partial charge is 0.416 e. The third-order valence-corrected chi connectivity index (χ3v) is 12.7. The number of halogens is 24. The van der Waals surface area contributed by atoms with E-state index in [0.717, 1.165) is 25.7 Å². The summed E-state index contributed by atoms with van der Waals surface area (Å²) >= 11 is 0. The Morgan fingerprint density at radius 2 is 0.667 bits per heavy atom. The number of aromatic nitrogens is 2. The Kier molecular flexibility index (Phi) is 17.5. The molecule has 1 aromatic heterocycles. The summed E-state index contributed by atoms with van der Waals surface area (Å²) in [6.07, 6.45) is -42.6. The summed E-state index contributed by atoms with van der Waals surface area (Å²) in [6, 6.07) is -2.12. The van der Waals surface area contributed by atoms with Crippen LogP contribution in [0.2, 0.25) is 0 Å². The predicted molar refractivity (Wildman–Crippen MR) is 238 cm³/mol. The molecule has 5 aromatic carbocycles. The van der Waals surface area contributed by atoms with E-state index in [0.29, 0.717) is 11.1 Å². The molecule has 0 radical (unpaired) electrons. The Hall–Kier alpha value is -7.30. The molecule has 7 rings (SSSR count). The molecule has 0 atom stereocenters. The summed E-state index contributed by atoms with van der Waals surface area (Å²) in [5.41, 5.74) is -29.1. The average Bonchev–Trinajstić information content (AvgIpc) is 3.36. The van der Waals surface area contributed by atoms with Crippen LogP contribution in [0.3, 0.4) is 0 Å². The van der Waals surface area contributed by atoms with Crippen molar-refractivity contribution < 1.29 is 124 Å². The Bertz CT molecular complexity index is 2790. The van der Waals surface area contributed by atoms with Crippen LogP contribution in [0, 0.1) is 0 Å². The van der Waals surface area contributed by atoms with E-state index in [2.05, 4.69) is 4.98 Å². The van der Waals surface area contributed by atoms with E-state index >= 15 is 0 Å². The van der Waals surface area contributed by atoms with Gasteiger partial charge in [-0.25, -0.2) is 4.79 Å². The van der Waals surface area contributed by atoms with Crippen LogP contribution in [0.1, 0.15) is 97.3 Å². The molecule has 0 saturated heterocycles. The SMILES string of the molecule is FC(F)(F)c1cc([B-](c2cc(C(F)(F)F)cc(C(F)(F)F)c2)(c2cc(C(F)(F)F)cc(C(F)(F)F)c2)c2cc(C(F)(F)F)cc(C(F)(F)F)c2)cc(C(F)(F)F)c1.O=C(C[n+]1ccncc1)c1ccc(C(=O)OC2CCCCC2)cc1. The molecule has 0 amide bonds. The number of ketones is 1. The molecule has 1 heterocycles. The quantitative estimate of drug-likeness (QED) is 0.0476. The summed E-state index contributed by atoms with van der Waals surface area (Å²) < 4.78 is 348. The van der Waals surface area contributed by atoms with Crippen LogP contribution in [0.15, 0.2) is 122 Å². The summed E-state index contributed by atoms with van der Waals surface area (Å²) in [4.78, 5) is 28.3. The number of rotatable bonds is 9. The van der Waals surface area contributed by atoms with Gasteiger partial charge < -0.3 is 4.74 Å². The fourth-order valence-corrected chi connectivity index (χ4v) is 8.98. The second-order valence-electron chi connectivity index (χ2n) is 18.3. The number of esters is 1. The monoisotopic (exact) mass is 1190 g/mol. The Balaban J connectivity index is 0.000000363. The number of ether oxygens (including phenoxy) is 1. The van der Waals surface area contributed by atoms with Crippen molar-refractivity contribution in [1.29, 1.82) is 0 Å². The highest BCUT2D eigenvalue weighted by Gasteiger charge is 2.47. The molecule has 1 aliphatic carbocycles. The zero-order chi connectivity index (χ0) is 60.7. The second-order valence-corrected chi connectivity index (χ2v) is 18.3. The summed E-state index contributed by atoms with van der Waals surface area (Å²) in [7, 11) is 0. The van der Waals surface area contributed by atoms with Crippen LogP contribution in [0.25, 0.3) is 0 Å². The Morgan fingerprint density at radius 1 is 0.407 bits per heavy atom. The number of carbonyl (C=O) groups is 2. The van der Waals surface area contributed by atoms with E-state index < -0.39 is 195 Å². The van der Waals surface area contributed by atoms with Gasteiger partial charge in [-0.3, -0.25) is 9.78 Å². The van der Waals surface area contributed by atoms with Crippen molar-refractivity contribution in [1.82, 2.24) is 4.98 Å². The lowest BCUT2D eigenvalue weighted by Gasteiger charge is -2.46. The van der Waals surface area contributed by atoms with Crippen molar-refractivity contribution in [3.8, 4) is 0 Å². The first kappa shape index (κ1) is 62.9. The van der Waals surface area contributed by atoms with Crippen molar-refractivity contribution in [2.75, 3.05) is 0 Å². The lowest BCUT2D eigenvalue weighted by Crippen LogP contribution is -2.75. The van der Waals surface area contributed by atoms with Crippen molar-refractivity contribution in [3.63, 3.8) is 0 Å². The molecule has 0 unspecified atom stereocenters. The first-order valence-electron chi connectivity index (χ1n) is 23.0. The minimum Gasteiger partial charge on any atom is -0.459 e. The fraction of sp³-hybridized carbons (Fsp3) is 0.294. The minimum absolute atomic E-state index is 0.0154. The van der Waals surface area contributed by atoms with Gasteiger partial charge in [0.05, 0.1) is 62.5 Å². The third-order valence-electron chi connectivity index (χ3n) is 12.7. The number of carbonyl (C=O) groups excluding carboxylic acids is 2. The van der Waals surface area contributed by atoms with E-state index in [9.17, 15) is 115 Å². The zero-order valence-electron chi connectivity index (χ0n) is 40.1. The first-order valence-corrected chi connectivity index (χ1v) is 23.0. The van der Waals surface area contributed by atoms with Gasteiger partial charge in [-0.15, -0.1) is 0 Å². The maximum atomic E-state index is 14.2. The first-order chi connectivity index (χ1) is 37.0. The normalized spacial score (nSPS) is 14.5. The molecule has 5 nitrogen and oxygen atoms in total. The number of alkyl halides is 24. The highest BCUT2D eigenvalue weighted by Crippen LogP contribution is 2.41. The van der Waals surface area contributed by atoms with Crippen LogP contribution >= 0.6 is 0 Å². The molecule has 0 N–H and O–H groups in total. The molecule has 1 aliphatic rings. The van der Waals surface area contributed by atoms with Crippen molar-refractivity contribution in [2.45, 2.75) is 94.2 Å². The molecule has 6 aromatic rings. The molecule has 0 bridgehead atoms. The van der Waals surface area contributed by atoms with E-state index in [-0.39, 0.29) is 24.4 Å². The Labute approximate surface area is 440 Å². The minimum atomic E-state index is -6.13. The lowest BCUT2D eigenvalue weighted by molar-refractivity contribution is -0.683. The number of Topliss-reactive ketones (excluding diaryl/α,β-unsaturated/α-hetero) is 1. The van der Waals surface area contributed by atoms with Gasteiger partial charge in [-0.05, 0) is 62.1 Å². The van der Waals surface area contributed by atoms with Gasteiger partial charge in [0, 0.05) is 5.56 Å². The van der Waals surface area contributed by atoms with E-state index in [4.69, 9.17) is 4.74 Å². The summed E-state index contributed by atoms with van der Waals surface area (Å²) in [5.74, 6) is -0.317. The van der Waals surface area contributed by atoms with E-state index in [1.54, 1.807) is 53.6 Å². The van der Waals surface area contributed by atoms with Gasteiger partial charge in [0.2, 0.25) is 12.3 Å². The topological polar surface area (TPSA) is 60.1 Å². The molecular formula is C51H33BF24N2O3. The van der Waals surface area contributed by atoms with Crippen LogP contribution in [-0.2, 0) is 60.7 Å². The second kappa shape index (κ2) is 22.6. The predicted octanol–water partition coefficient (Wildman–Crippen LogP) is 14.0. The number of hydrogen-bond acceptors (Lipinski definition) is 4. The maximum Gasteiger partial charge on any atom is 0.416 e. The standard InChI is InChI=1S/C32H12BF24.C19H21N2O3/c34-25(35,36)13-1-14(26(37,38)39)6-21(5-13)33(22-7-15(27(40,41)42)2-16(8-22)28(43,44)45,23-9-17(29(46,47)48)3-18(10-23)30(49,50)51)24-11-19(31(52,53)54)4-20(12-24)32(55,56)57;22-18(14-21-12-10-20-11-13-21)15-6-8-16(9-7-15)19(23)24-17-4-2-1-3-5-17/h1-12H;6-13,17H,1-5,14H2/q-1;+1. The number of benzene rings is 5. The lowest BCUT2D eigenvalue weighted by atomic mass is 9.12. The van der Waals surface area contributed by atoms with Crippen molar-refractivity contribution in [3.05, 3.63) is 177 Å². The molecular weight excluding hydrogens is 1160 g/mol. The van der Waals surface area contributed by atoms with Crippen molar-refractivity contribution in [2.24, 2.45) is 0 Å². The molecule has 30 heteroatoms. The van der Waals surface area contributed by atoms with Gasteiger partial charge in [0.15, 0.2) is 12.4 Å². The number of nitrogens with zero attached hydrogens (tertiary/aromatic N) is 2. The maximum absolute atomic E-state index is 14.2. The summed E-state index contributed by atoms with van der Waals surface area (Å²) in [6.45, 7) is 0.244. The van der Waals surface area contributed by atoms with E-state index in [1.165, 1.54) is 6.42 Å². The number of hydrogen-bond donors (Lipinski definition) is 0. The van der Waals surface area contributed by atoms with Crippen molar-refractivity contribution >= 4 is 39.7 Å². The zero-order valence-corrected chi connectivity index (χ0v) is 40.1. The molecule has 436 valence electrons. The van der Waals surface area contributed by atoms with Gasteiger partial charge in [-0.1, -0.05) is 67.1 Å². The molecule has 1 saturated carbocycles. The van der Waals surface area contributed by atoms with Crippen LogP contribution in [-0.4, -0.2) is 29.0 Å². The van der Waals surface area contributed by atoms with Gasteiger partial charge >= 0.3 is 55.4 Å². The van der Waals surface area contributed by atoms with Gasteiger partial charge in [0.25, 0.3) is 0 Å². The Morgan fingerprint density at radius 3 is 0.926 bits per heavy atom. The van der Waals surface area contributed by atoms with Crippen LogP contribution in [0.4, 0.5) is 105 Å². The average molecular weight is 1190 g/mol. The highest BCUT2D eigenvalue weighted by molar-refractivity contribution is 7.20. The van der Waals surface area contributed by atoms with Gasteiger partial charge in [-0.2, -0.15) is 132 Å². The highest BCUT2D eigenvalue weighted by atomic mass is 19.4. The van der Waals surface area contributed by atoms with Crippen LogP contribution < -0.4 is 26.4 Å². The fourth-order valence-electron chi connectivity index (χ4n) is 8.98. The molecule has 0 spiro atoms.